The van der Waals surface area contributed by atoms with E-state index >= 15 is 0 Å². The summed E-state index contributed by atoms with van der Waals surface area (Å²) in [5, 5.41) is 2.32. The summed E-state index contributed by atoms with van der Waals surface area (Å²) in [6, 6.07) is 12.5. The van der Waals surface area contributed by atoms with Gasteiger partial charge in [0.1, 0.15) is 4.99 Å². The zero-order valence-electron chi connectivity index (χ0n) is 12.4. The number of hydrogen-bond donors (Lipinski definition) is 1. The van der Waals surface area contributed by atoms with Crippen molar-refractivity contribution in [2.45, 2.75) is 26.1 Å². The van der Waals surface area contributed by atoms with E-state index in [0.29, 0.717) is 4.99 Å². The number of morpholine rings is 1. The van der Waals surface area contributed by atoms with Crippen LogP contribution in [0.15, 0.2) is 36.4 Å². The van der Waals surface area contributed by atoms with Crippen molar-refractivity contribution in [3.8, 4) is 0 Å². The predicted molar refractivity (Wildman–Crippen MR) is 92.1 cm³/mol. The Morgan fingerprint density at radius 3 is 2.33 bits per heavy atom. The second-order valence-corrected chi connectivity index (χ2v) is 6.14. The molecule has 0 aliphatic carbocycles. The number of benzene rings is 2. The second-order valence-electron chi connectivity index (χ2n) is 5.70. The molecule has 1 aliphatic rings. The fourth-order valence-electron chi connectivity index (χ4n) is 3.15. The van der Waals surface area contributed by atoms with Crippen molar-refractivity contribution in [3.05, 3.63) is 42.0 Å². The van der Waals surface area contributed by atoms with Gasteiger partial charge >= 0.3 is 0 Å². The van der Waals surface area contributed by atoms with Gasteiger partial charge in [0, 0.05) is 29.7 Å². The first-order valence-electron chi connectivity index (χ1n) is 7.28. The molecule has 0 spiro atoms. The van der Waals surface area contributed by atoms with Crippen LogP contribution in [0.4, 0.5) is 5.69 Å². The number of fused-ring (bicyclic) bond motifs is 1. The van der Waals surface area contributed by atoms with Crippen LogP contribution in [0.1, 0.15) is 19.4 Å². The van der Waals surface area contributed by atoms with Crippen molar-refractivity contribution in [1.82, 2.24) is 0 Å². The lowest BCUT2D eigenvalue weighted by atomic mass is 10.0. The Balaban J connectivity index is 2.11. The van der Waals surface area contributed by atoms with Crippen LogP contribution < -0.4 is 10.6 Å². The van der Waals surface area contributed by atoms with Crippen LogP contribution in [0.5, 0.6) is 0 Å². The third-order valence-electron chi connectivity index (χ3n) is 3.93. The Labute approximate surface area is 130 Å². The number of anilines is 1. The molecule has 0 bridgehead atoms. The molecule has 2 aromatic carbocycles. The van der Waals surface area contributed by atoms with Crippen molar-refractivity contribution in [3.63, 3.8) is 0 Å². The Kier molecular flexibility index (Phi) is 3.83. The van der Waals surface area contributed by atoms with Crippen LogP contribution >= 0.6 is 12.2 Å². The highest BCUT2D eigenvalue weighted by Gasteiger charge is 2.23. The van der Waals surface area contributed by atoms with Crippen molar-refractivity contribution in [1.29, 1.82) is 0 Å². The predicted octanol–water partition coefficient (Wildman–Crippen LogP) is 3.09. The van der Waals surface area contributed by atoms with Gasteiger partial charge in [0.25, 0.3) is 0 Å². The van der Waals surface area contributed by atoms with E-state index < -0.39 is 0 Å². The topological polar surface area (TPSA) is 38.5 Å². The van der Waals surface area contributed by atoms with Gasteiger partial charge in [-0.1, -0.05) is 36.5 Å². The average Bonchev–Trinajstić information content (AvgIpc) is 2.44. The standard InChI is InChI=1S/C17H20N2OS/c1-11-9-19(10-12(2)20-11)16-8-7-15(17(18)21)13-5-3-4-6-14(13)16/h3-8,11-12H,9-10H2,1-2H3,(H2,18,21)/t11-,12+. The zero-order chi connectivity index (χ0) is 15.0. The van der Waals surface area contributed by atoms with Crippen molar-refractivity contribution in [2.75, 3.05) is 18.0 Å². The quantitative estimate of drug-likeness (QED) is 0.865. The largest absolute Gasteiger partial charge is 0.389 e. The van der Waals surface area contributed by atoms with E-state index in [-0.39, 0.29) is 12.2 Å². The zero-order valence-corrected chi connectivity index (χ0v) is 13.2. The third-order valence-corrected chi connectivity index (χ3v) is 4.15. The Morgan fingerprint density at radius 1 is 1.10 bits per heavy atom. The molecular weight excluding hydrogens is 280 g/mol. The van der Waals surface area contributed by atoms with E-state index in [1.807, 2.05) is 12.1 Å². The first kappa shape index (κ1) is 14.3. The minimum atomic E-state index is 0.239. The van der Waals surface area contributed by atoms with E-state index in [4.69, 9.17) is 22.7 Å². The number of ether oxygens (including phenoxy) is 1. The summed E-state index contributed by atoms with van der Waals surface area (Å²) < 4.78 is 5.83. The smallest absolute Gasteiger partial charge is 0.104 e. The van der Waals surface area contributed by atoms with Crippen molar-refractivity contribution < 1.29 is 4.74 Å². The molecule has 1 saturated heterocycles. The first-order chi connectivity index (χ1) is 10.1. The molecule has 0 unspecified atom stereocenters. The summed E-state index contributed by atoms with van der Waals surface area (Å²) >= 11 is 5.17. The van der Waals surface area contributed by atoms with Gasteiger partial charge in [-0.05, 0) is 31.4 Å². The molecule has 0 aromatic heterocycles. The van der Waals surface area contributed by atoms with Gasteiger partial charge in [0.05, 0.1) is 12.2 Å². The second kappa shape index (κ2) is 5.62. The monoisotopic (exact) mass is 300 g/mol. The van der Waals surface area contributed by atoms with Crippen LogP contribution in [0.25, 0.3) is 10.8 Å². The SMILES string of the molecule is C[C@@H]1CN(c2ccc(C(N)=S)c3ccccc23)C[C@H](C)O1. The van der Waals surface area contributed by atoms with E-state index in [2.05, 4.69) is 43.0 Å². The highest BCUT2D eigenvalue weighted by Crippen LogP contribution is 2.31. The van der Waals surface area contributed by atoms with Gasteiger partial charge < -0.3 is 15.4 Å². The molecule has 2 aromatic rings. The van der Waals surface area contributed by atoms with Crippen molar-refractivity contribution >= 4 is 33.7 Å². The maximum Gasteiger partial charge on any atom is 0.104 e. The maximum absolute atomic E-state index is 5.85. The molecule has 1 fully saturated rings. The highest BCUT2D eigenvalue weighted by atomic mass is 32.1. The van der Waals surface area contributed by atoms with Gasteiger partial charge in [-0.2, -0.15) is 0 Å². The Bertz CT molecular complexity index is 676. The number of hydrogen-bond acceptors (Lipinski definition) is 3. The molecule has 0 radical (unpaired) electrons. The van der Waals surface area contributed by atoms with E-state index in [9.17, 15) is 0 Å². The van der Waals surface area contributed by atoms with E-state index in [1.54, 1.807) is 0 Å². The van der Waals surface area contributed by atoms with E-state index in [0.717, 1.165) is 24.0 Å². The highest BCUT2D eigenvalue weighted by molar-refractivity contribution is 7.80. The molecule has 21 heavy (non-hydrogen) atoms. The van der Waals surface area contributed by atoms with Crippen LogP contribution in [-0.2, 0) is 4.74 Å². The molecule has 2 N–H and O–H groups in total. The lowest BCUT2D eigenvalue weighted by Gasteiger charge is -2.37. The minimum absolute atomic E-state index is 0.239. The number of rotatable bonds is 2. The fraction of sp³-hybridized carbons (Fsp3) is 0.353. The van der Waals surface area contributed by atoms with Crippen LogP contribution in [-0.4, -0.2) is 30.3 Å². The van der Waals surface area contributed by atoms with Gasteiger partial charge in [0.2, 0.25) is 0 Å². The maximum atomic E-state index is 5.85. The van der Waals surface area contributed by atoms with Gasteiger partial charge in [-0.15, -0.1) is 0 Å². The van der Waals surface area contributed by atoms with Crippen molar-refractivity contribution in [2.24, 2.45) is 5.73 Å². The van der Waals surface area contributed by atoms with Gasteiger partial charge in [-0.3, -0.25) is 0 Å². The normalized spacial score (nSPS) is 22.5. The number of thiocarbonyl (C=S) groups is 1. The molecule has 0 amide bonds. The molecule has 3 nitrogen and oxygen atoms in total. The Morgan fingerprint density at radius 2 is 1.71 bits per heavy atom. The van der Waals surface area contributed by atoms with Crippen LogP contribution in [0.2, 0.25) is 0 Å². The van der Waals surface area contributed by atoms with Crippen LogP contribution in [0, 0.1) is 0 Å². The summed E-state index contributed by atoms with van der Waals surface area (Å²) in [6.07, 6.45) is 0.477. The third kappa shape index (κ3) is 2.74. The number of nitrogens with zero attached hydrogens (tertiary/aromatic N) is 1. The summed E-state index contributed by atoms with van der Waals surface area (Å²) in [6.45, 7) is 6.05. The molecular formula is C17H20N2OS. The molecule has 3 rings (SSSR count). The summed E-state index contributed by atoms with van der Waals surface area (Å²) in [5.74, 6) is 0. The number of nitrogens with two attached hydrogens (primary N) is 1. The first-order valence-corrected chi connectivity index (χ1v) is 7.69. The average molecular weight is 300 g/mol. The molecule has 1 aliphatic heterocycles. The lowest BCUT2D eigenvalue weighted by Crippen LogP contribution is -2.45. The summed E-state index contributed by atoms with van der Waals surface area (Å²) in [7, 11) is 0. The minimum Gasteiger partial charge on any atom is -0.389 e. The fourth-order valence-corrected chi connectivity index (χ4v) is 3.33. The van der Waals surface area contributed by atoms with E-state index in [1.165, 1.54) is 11.1 Å². The summed E-state index contributed by atoms with van der Waals surface area (Å²) in [5.41, 5.74) is 8.02. The molecule has 4 heteroatoms. The lowest BCUT2D eigenvalue weighted by molar-refractivity contribution is -0.00513. The Hall–Kier alpha value is -1.65. The molecule has 110 valence electrons. The van der Waals surface area contributed by atoms with Gasteiger partial charge in [-0.25, -0.2) is 0 Å². The van der Waals surface area contributed by atoms with Crippen LogP contribution in [0.3, 0.4) is 0 Å². The molecule has 1 heterocycles. The summed E-state index contributed by atoms with van der Waals surface area (Å²) in [4.78, 5) is 2.84. The molecule has 2 atom stereocenters. The molecule has 0 saturated carbocycles. The van der Waals surface area contributed by atoms with Gasteiger partial charge in [0.15, 0.2) is 0 Å².